The van der Waals surface area contributed by atoms with Gasteiger partial charge in [0.2, 0.25) is 17.7 Å². The van der Waals surface area contributed by atoms with E-state index in [4.69, 9.17) is 45.5 Å². The van der Waals surface area contributed by atoms with Gasteiger partial charge in [-0.05, 0) is 146 Å². The predicted molar refractivity (Wildman–Crippen MR) is 364 cm³/mol. The Morgan fingerprint density at radius 3 is 1.27 bits per heavy atom. The first kappa shape index (κ1) is 79.0. The molecule has 3 aliphatic carbocycles. The highest BCUT2D eigenvalue weighted by Crippen LogP contribution is 2.28. The Kier molecular flexibility index (Phi) is 30.3. The van der Waals surface area contributed by atoms with Gasteiger partial charge in [0.15, 0.2) is 30.6 Å². The van der Waals surface area contributed by atoms with Crippen LogP contribution in [-0.2, 0) is 62.2 Å². The van der Waals surface area contributed by atoms with Crippen molar-refractivity contribution in [1.82, 2.24) is 46.4 Å². The molecule has 30 nitrogen and oxygen atoms in total. The summed E-state index contributed by atoms with van der Waals surface area (Å²) >= 11 is 5.77. The Morgan fingerprint density at radius 1 is 0.540 bits per heavy atom. The van der Waals surface area contributed by atoms with E-state index < -0.39 is 53.2 Å². The topological polar surface area (TPSA) is 414 Å². The summed E-state index contributed by atoms with van der Waals surface area (Å²) in [5.41, 5.74) is 5.24. The molecule has 6 aromatic heterocycles. The average Bonchev–Trinajstić information content (AvgIpc) is 1.05. The van der Waals surface area contributed by atoms with E-state index in [0.29, 0.717) is 23.6 Å². The molecule has 6 amide bonds. The van der Waals surface area contributed by atoms with Crippen molar-refractivity contribution in [2.75, 3.05) is 35.0 Å². The Morgan fingerprint density at radius 2 is 0.950 bits per heavy atom. The van der Waals surface area contributed by atoms with Crippen LogP contribution in [0.2, 0.25) is 0 Å². The minimum absolute atomic E-state index is 0.00691. The van der Waals surface area contributed by atoms with Crippen molar-refractivity contribution in [2.24, 2.45) is 17.8 Å². The van der Waals surface area contributed by atoms with Crippen LogP contribution in [0.1, 0.15) is 156 Å². The van der Waals surface area contributed by atoms with E-state index >= 15 is 0 Å². The molecule has 6 heterocycles. The first-order valence-corrected chi connectivity index (χ1v) is 33.5. The quantitative estimate of drug-likeness (QED) is 0.0242. The van der Waals surface area contributed by atoms with Crippen LogP contribution < -0.4 is 46.9 Å². The van der Waals surface area contributed by atoms with E-state index in [1.165, 1.54) is 49.3 Å². The van der Waals surface area contributed by atoms with Gasteiger partial charge >= 0.3 is 18.3 Å². The molecule has 0 radical (unpaired) electrons. The number of amides is 6. The van der Waals surface area contributed by atoms with Crippen LogP contribution in [0.4, 0.5) is 31.8 Å². The highest BCUT2D eigenvalue weighted by Gasteiger charge is 2.35. The molecule has 3 saturated carbocycles. The summed E-state index contributed by atoms with van der Waals surface area (Å²) in [5, 5.41) is 20.4. The van der Waals surface area contributed by atoms with Gasteiger partial charge in [-0.2, -0.15) is 10.1 Å². The molecule has 0 spiro atoms. The molecule has 3 fully saturated rings. The van der Waals surface area contributed by atoms with Crippen LogP contribution in [0.3, 0.4) is 0 Å². The van der Waals surface area contributed by atoms with Gasteiger partial charge in [-0.1, -0.05) is 56.7 Å². The number of pyridine rings is 3. The van der Waals surface area contributed by atoms with Crippen molar-refractivity contribution in [3.63, 3.8) is 0 Å². The molecule has 0 aromatic carbocycles. The van der Waals surface area contributed by atoms with Crippen LogP contribution in [0.25, 0.3) is 0 Å². The summed E-state index contributed by atoms with van der Waals surface area (Å²) in [5.74, 6) is -0.426. The number of carbonyl (C=O) groups excluding carboxylic acids is 9. The van der Waals surface area contributed by atoms with Crippen molar-refractivity contribution in [3.8, 4) is 11.8 Å². The average molecular weight is 1410 g/mol. The third-order valence-electron chi connectivity index (χ3n) is 15.2. The molecule has 9 rings (SSSR count). The number of nitrogens with two attached hydrogens (primary N) is 1. The fraction of sp³-hybridized carbons (Fsp3) is 0.522. The Balaban J connectivity index is 0.000000228. The zero-order valence-corrected chi connectivity index (χ0v) is 58.6. The maximum atomic E-state index is 12.8. The van der Waals surface area contributed by atoms with Gasteiger partial charge in [0.05, 0.1) is 24.0 Å². The van der Waals surface area contributed by atoms with Crippen molar-refractivity contribution in [3.05, 3.63) is 119 Å². The normalized spacial score (nSPS) is 14.9. The smallest absolute Gasteiger partial charge is 0.425 e. The number of ether oxygens (including phenoxy) is 5. The predicted octanol–water partition coefficient (Wildman–Crippen LogP) is 9.55. The van der Waals surface area contributed by atoms with Crippen molar-refractivity contribution in [1.29, 1.82) is 0 Å². The summed E-state index contributed by atoms with van der Waals surface area (Å²) in [6, 6.07) is 12.0. The number of Topliss-reactive ketones (excluding diaryl/α,β-unsaturated/α-hetero) is 3. The highest BCUT2D eigenvalue weighted by atomic mass is 35.5. The van der Waals surface area contributed by atoms with E-state index in [-0.39, 0.29) is 108 Å². The van der Waals surface area contributed by atoms with Gasteiger partial charge in [0.25, 0.3) is 17.3 Å². The summed E-state index contributed by atoms with van der Waals surface area (Å²) in [4.78, 5) is 136. The van der Waals surface area contributed by atoms with Crippen LogP contribution in [0.5, 0.6) is 11.8 Å². The van der Waals surface area contributed by atoms with Crippen LogP contribution in [-0.4, -0.2) is 138 Å². The molecule has 0 bridgehead atoms. The molecule has 0 saturated heterocycles. The number of H-pyrrole nitrogens is 1. The molecule has 542 valence electrons. The lowest BCUT2D eigenvalue weighted by molar-refractivity contribution is -0.131. The number of imide groups is 1. The summed E-state index contributed by atoms with van der Waals surface area (Å²) in [7, 11) is 0. The van der Waals surface area contributed by atoms with E-state index in [0.717, 1.165) is 93.1 Å². The number of alkyl halides is 1. The number of nitrogens with one attached hydrogen (secondary N) is 5. The number of nitrogen functional groups attached to an aromatic ring is 1. The lowest BCUT2D eigenvalue weighted by atomic mass is 10.0. The molecule has 3 unspecified atom stereocenters. The minimum atomic E-state index is -0.925. The largest absolute Gasteiger partial charge is 0.467 e. The number of hydrogen-bond acceptors (Lipinski definition) is 24. The number of ketones is 3. The number of nitrogens with zero attached hydrogens (tertiary/aromatic N) is 6. The van der Waals surface area contributed by atoms with Gasteiger partial charge in [0, 0.05) is 73.8 Å². The van der Waals surface area contributed by atoms with E-state index in [1.807, 2.05) is 0 Å². The third-order valence-corrected chi connectivity index (χ3v) is 15.5. The monoisotopic (exact) mass is 1410 g/mol. The second-order valence-electron chi connectivity index (χ2n) is 27.0. The van der Waals surface area contributed by atoms with E-state index in [9.17, 15) is 47.9 Å². The number of hydrogen-bond donors (Lipinski definition) is 6. The van der Waals surface area contributed by atoms with Gasteiger partial charge in [-0.15, -0.1) is 11.6 Å². The second-order valence-corrected chi connectivity index (χ2v) is 27.3. The SMILES string of the molecule is CC(C)(C)OC(=O)N(C(=O)OC(C)(C)C)c1ccc(CC(NC(=O)C2CCCC2)C(=O)CCl)cn1.CC(C)(C)OC(=O)Nc1ccc(CC(NC(=O)C2CCCC2)C(=O)COc2ccon2)cn1.Nc1ccc(CC(NC(=O)C2CCCC2)C(=O)COc2ccon2)cn1.O=c1cco[nH]1. The maximum absolute atomic E-state index is 12.8. The molecule has 7 N–H and O–H groups in total. The number of rotatable bonds is 24. The second kappa shape index (κ2) is 38.4. The van der Waals surface area contributed by atoms with E-state index in [2.05, 4.69) is 60.7 Å². The molecule has 31 heteroatoms. The maximum Gasteiger partial charge on any atom is 0.425 e. The molecule has 3 atom stereocenters. The van der Waals surface area contributed by atoms with Crippen LogP contribution in [0.15, 0.2) is 110 Å². The first-order valence-electron chi connectivity index (χ1n) is 33.0. The minimum Gasteiger partial charge on any atom is -0.467 e. The van der Waals surface area contributed by atoms with Crippen molar-refractivity contribution >= 4 is 82.4 Å². The highest BCUT2D eigenvalue weighted by molar-refractivity contribution is 6.28. The zero-order valence-electron chi connectivity index (χ0n) is 57.8. The van der Waals surface area contributed by atoms with Crippen LogP contribution in [0, 0.1) is 17.8 Å². The lowest BCUT2D eigenvalue weighted by Crippen LogP contribution is -2.46. The molecule has 100 heavy (non-hydrogen) atoms. The summed E-state index contributed by atoms with van der Waals surface area (Å²) in [6.07, 6.45) is 18.0. The van der Waals surface area contributed by atoms with Gasteiger partial charge in [-0.25, -0.2) is 29.3 Å². The van der Waals surface area contributed by atoms with Gasteiger partial charge in [-0.3, -0.25) is 38.9 Å². The number of halogens is 1. The Bertz CT molecular complexity index is 3580. The van der Waals surface area contributed by atoms with Crippen molar-refractivity contribution < 1.29 is 80.4 Å². The van der Waals surface area contributed by atoms with Crippen LogP contribution >= 0.6 is 11.6 Å². The zero-order chi connectivity index (χ0) is 73.0. The standard InChI is InChI=1S/C25H36ClN3O6.C23H30N4O6.C18H22N4O4.C3H3NO2/c1-24(2,3)34-22(32)29(23(33)35-25(4,5)6)20-12-11-16(15-27-20)13-18(19(30)14-26)28-21(31)17-9-7-8-10-17;1-23(2,3)33-22(30)26-19-9-8-15(13-24-19)12-17(25-21(29)16-6-4-5-7-16)18(28)14-31-20-10-11-32-27-20;19-16-6-5-12(10-20-16)9-14(21-18(24)13-3-1-2-4-13)15(23)11-25-17-7-8-26-22-17;5-3-1-2-6-4-3/h11-12,15,17-18H,7-10,13-14H2,1-6H3,(H,28,31);8-11,13,16-17H,4-7,12,14H2,1-3H3,(H,25,29)(H,24,26,30);5-8,10,13-14H,1-4,9,11H2,(H2,19,20)(H,21,24);1-2H,(H,4,5). The number of anilines is 3. The van der Waals surface area contributed by atoms with Gasteiger partial charge < -0.3 is 58.9 Å². The number of aromatic nitrogens is 6. The molecule has 3 aliphatic rings. The number of carbonyl (C=O) groups is 9. The lowest BCUT2D eigenvalue weighted by Gasteiger charge is -2.28. The van der Waals surface area contributed by atoms with E-state index in [1.54, 1.807) is 105 Å². The third kappa shape index (κ3) is 28.5. The first-order chi connectivity index (χ1) is 47.4. The number of aromatic amines is 1. The molecular formula is C69H91ClN12O18. The van der Waals surface area contributed by atoms with Crippen molar-refractivity contribution in [2.45, 2.75) is 194 Å². The summed E-state index contributed by atoms with van der Waals surface area (Å²) in [6.45, 7) is 14.9. The van der Waals surface area contributed by atoms with Gasteiger partial charge in [0.1, 0.15) is 53.0 Å². The Hall–Kier alpha value is -10.0. The molecular weight excluding hydrogens is 1320 g/mol. The Labute approximate surface area is 583 Å². The molecule has 6 aromatic rings. The molecule has 0 aliphatic heterocycles. The summed E-state index contributed by atoms with van der Waals surface area (Å²) < 4.78 is 40.2. The fourth-order valence-corrected chi connectivity index (χ4v) is 10.6. The fourth-order valence-electron chi connectivity index (χ4n) is 10.4.